The zero-order valence-electron chi connectivity index (χ0n) is 9.85. The predicted octanol–water partition coefficient (Wildman–Crippen LogP) is 3.05. The van der Waals surface area contributed by atoms with Gasteiger partial charge >= 0.3 is 0 Å². The summed E-state index contributed by atoms with van der Waals surface area (Å²) in [5, 5.41) is 7.76. The first-order chi connectivity index (χ1) is 8.24. The smallest absolute Gasteiger partial charge is 0.243 e. The molecule has 6 heteroatoms. The fraction of sp³-hybridized carbons (Fsp3) is 0.455. The van der Waals surface area contributed by atoms with E-state index in [9.17, 15) is 0 Å². The Morgan fingerprint density at radius 2 is 2.41 bits per heavy atom. The molecule has 92 valence electrons. The second-order valence-corrected chi connectivity index (χ2v) is 5.53. The van der Waals surface area contributed by atoms with Gasteiger partial charge in [-0.1, -0.05) is 6.92 Å². The molecule has 1 N–H and O–H groups in total. The van der Waals surface area contributed by atoms with Crippen molar-refractivity contribution in [3.8, 4) is 0 Å². The van der Waals surface area contributed by atoms with E-state index in [0.29, 0.717) is 12.0 Å². The van der Waals surface area contributed by atoms with Crippen LogP contribution in [0.25, 0.3) is 5.65 Å². The summed E-state index contributed by atoms with van der Waals surface area (Å²) in [4.78, 5) is 4.47. The third kappa shape index (κ3) is 2.93. The highest BCUT2D eigenvalue weighted by molar-refractivity contribution is 9.10. The number of hydrogen-bond donors (Lipinski definition) is 1. The summed E-state index contributed by atoms with van der Waals surface area (Å²) in [7, 11) is 0. The third-order valence-corrected chi connectivity index (χ3v) is 3.86. The first kappa shape index (κ1) is 12.7. The number of thioether (sulfide) groups is 1. The van der Waals surface area contributed by atoms with E-state index in [0.717, 1.165) is 22.3 Å². The van der Waals surface area contributed by atoms with Gasteiger partial charge in [0.25, 0.3) is 0 Å². The number of fused-ring (bicyclic) bond motifs is 1. The summed E-state index contributed by atoms with van der Waals surface area (Å²) in [6.07, 6.45) is 5.07. The van der Waals surface area contributed by atoms with Gasteiger partial charge < -0.3 is 5.32 Å². The third-order valence-electron chi connectivity index (χ3n) is 2.51. The molecule has 0 saturated carbocycles. The summed E-state index contributed by atoms with van der Waals surface area (Å²) < 4.78 is 2.73. The van der Waals surface area contributed by atoms with Crippen LogP contribution in [0.4, 0.5) is 5.95 Å². The average molecular weight is 315 g/mol. The van der Waals surface area contributed by atoms with Crippen molar-refractivity contribution in [3.63, 3.8) is 0 Å². The fourth-order valence-electron chi connectivity index (χ4n) is 1.58. The SMILES string of the molecule is CCC(CSC)Nc1nc2c(Br)cccn2n1. The van der Waals surface area contributed by atoms with E-state index < -0.39 is 0 Å². The first-order valence-corrected chi connectivity index (χ1v) is 7.69. The van der Waals surface area contributed by atoms with Gasteiger partial charge in [-0.05, 0) is 40.7 Å². The van der Waals surface area contributed by atoms with Crippen LogP contribution in [0.15, 0.2) is 22.8 Å². The standard InChI is InChI=1S/C11H15BrN4S/c1-3-8(7-17-2)13-11-14-10-9(12)5-4-6-16(10)15-11/h4-6,8H,3,7H2,1-2H3,(H,13,15). The number of anilines is 1. The molecule has 17 heavy (non-hydrogen) atoms. The number of pyridine rings is 1. The van der Waals surface area contributed by atoms with Crippen molar-refractivity contribution in [1.82, 2.24) is 14.6 Å². The van der Waals surface area contributed by atoms with Crippen molar-refractivity contribution in [2.45, 2.75) is 19.4 Å². The van der Waals surface area contributed by atoms with Crippen LogP contribution in [-0.2, 0) is 0 Å². The Bertz CT molecular complexity index is 499. The monoisotopic (exact) mass is 314 g/mol. The van der Waals surface area contributed by atoms with Gasteiger partial charge in [-0.3, -0.25) is 0 Å². The topological polar surface area (TPSA) is 42.2 Å². The number of aromatic nitrogens is 3. The second kappa shape index (κ2) is 5.73. The Balaban J connectivity index is 2.21. The number of nitrogens with zero attached hydrogens (tertiary/aromatic N) is 3. The first-order valence-electron chi connectivity index (χ1n) is 5.51. The number of nitrogens with one attached hydrogen (secondary N) is 1. The average Bonchev–Trinajstić information content (AvgIpc) is 2.72. The van der Waals surface area contributed by atoms with Gasteiger partial charge in [0.15, 0.2) is 5.65 Å². The highest BCUT2D eigenvalue weighted by Crippen LogP contribution is 2.17. The van der Waals surface area contributed by atoms with E-state index in [1.165, 1.54) is 0 Å². The van der Waals surface area contributed by atoms with Crippen LogP contribution in [0, 0.1) is 0 Å². The minimum absolute atomic E-state index is 0.418. The lowest BCUT2D eigenvalue weighted by atomic mass is 10.3. The lowest BCUT2D eigenvalue weighted by Crippen LogP contribution is -2.21. The Labute approximate surface area is 113 Å². The normalized spacial score (nSPS) is 12.9. The van der Waals surface area contributed by atoms with Gasteiger partial charge in [-0.25, -0.2) is 4.52 Å². The van der Waals surface area contributed by atoms with Crippen molar-refractivity contribution in [2.24, 2.45) is 0 Å². The molecule has 0 saturated heterocycles. The lowest BCUT2D eigenvalue weighted by molar-refractivity contribution is 0.762. The largest absolute Gasteiger partial charge is 0.349 e. The van der Waals surface area contributed by atoms with Crippen LogP contribution in [0.2, 0.25) is 0 Å². The summed E-state index contributed by atoms with van der Waals surface area (Å²) in [5.41, 5.74) is 0.842. The van der Waals surface area contributed by atoms with Crippen molar-refractivity contribution in [1.29, 1.82) is 0 Å². The maximum atomic E-state index is 4.47. The van der Waals surface area contributed by atoms with Crippen LogP contribution in [0.1, 0.15) is 13.3 Å². The van der Waals surface area contributed by atoms with Gasteiger partial charge in [-0.15, -0.1) is 5.10 Å². The van der Waals surface area contributed by atoms with Gasteiger partial charge in [-0.2, -0.15) is 16.7 Å². The molecular formula is C11H15BrN4S. The van der Waals surface area contributed by atoms with E-state index in [1.807, 2.05) is 30.1 Å². The van der Waals surface area contributed by atoms with Gasteiger partial charge in [0.05, 0.1) is 4.47 Å². The molecule has 2 rings (SSSR count). The molecule has 2 aromatic rings. The zero-order chi connectivity index (χ0) is 12.3. The van der Waals surface area contributed by atoms with E-state index in [2.05, 4.69) is 44.5 Å². The molecule has 1 atom stereocenters. The molecule has 2 heterocycles. The lowest BCUT2D eigenvalue weighted by Gasteiger charge is -2.13. The molecule has 1 unspecified atom stereocenters. The summed E-state index contributed by atoms with van der Waals surface area (Å²) in [5.74, 6) is 1.76. The molecule has 0 aliphatic heterocycles. The Hall–Kier alpha value is -0.750. The molecule has 4 nitrogen and oxygen atoms in total. The predicted molar refractivity (Wildman–Crippen MR) is 76.8 cm³/mol. The molecule has 0 radical (unpaired) electrons. The minimum Gasteiger partial charge on any atom is -0.349 e. The molecule has 0 aliphatic rings. The molecular weight excluding hydrogens is 300 g/mol. The van der Waals surface area contributed by atoms with Crippen molar-refractivity contribution in [3.05, 3.63) is 22.8 Å². The van der Waals surface area contributed by atoms with Gasteiger partial charge in [0, 0.05) is 18.0 Å². The molecule has 0 amide bonds. The summed E-state index contributed by atoms with van der Waals surface area (Å²) >= 11 is 5.30. The highest BCUT2D eigenvalue weighted by Gasteiger charge is 2.10. The highest BCUT2D eigenvalue weighted by atomic mass is 79.9. The van der Waals surface area contributed by atoms with Crippen molar-refractivity contribution >= 4 is 39.3 Å². The molecule has 0 aromatic carbocycles. The maximum Gasteiger partial charge on any atom is 0.243 e. The summed E-state index contributed by atoms with van der Waals surface area (Å²) in [6.45, 7) is 2.17. The Morgan fingerprint density at radius 3 is 3.06 bits per heavy atom. The molecule has 2 aromatic heterocycles. The number of rotatable bonds is 5. The molecule has 0 aliphatic carbocycles. The number of hydrogen-bond acceptors (Lipinski definition) is 4. The zero-order valence-corrected chi connectivity index (χ0v) is 12.3. The van der Waals surface area contributed by atoms with E-state index >= 15 is 0 Å². The Morgan fingerprint density at radius 1 is 1.59 bits per heavy atom. The van der Waals surface area contributed by atoms with Crippen LogP contribution in [-0.4, -0.2) is 32.6 Å². The van der Waals surface area contributed by atoms with Crippen LogP contribution < -0.4 is 5.32 Å². The van der Waals surface area contributed by atoms with Crippen LogP contribution >= 0.6 is 27.7 Å². The van der Waals surface area contributed by atoms with Crippen LogP contribution in [0.3, 0.4) is 0 Å². The minimum atomic E-state index is 0.418. The van der Waals surface area contributed by atoms with Crippen molar-refractivity contribution < 1.29 is 0 Å². The molecule has 0 fully saturated rings. The maximum absolute atomic E-state index is 4.47. The van der Waals surface area contributed by atoms with E-state index in [1.54, 1.807) is 4.52 Å². The summed E-state index contributed by atoms with van der Waals surface area (Å²) in [6, 6.07) is 4.32. The van der Waals surface area contributed by atoms with Crippen molar-refractivity contribution in [2.75, 3.05) is 17.3 Å². The fourth-order valence-corrected chi connectivity index (χ4v) is 2.72. The number of halogens is 1. The van der Waals surface area contributed by atoms with Crippen LogP contribution in [0.5, 0.6) is 0 Å². The quantitative estimate of drug-likeness (QED) is 0.921. The van der Waals surface area contributed by atoms with Gasteiger partial charge in [0.2, 0.25) is 5.95 Å². The Kier molecular flexibility index (Phi) is 4.28. The van der Waals surface area contributed by atoms with E-state index in [-0.39, 0.29) is 0 Å². The van der Waals surface area contributed by atoms with Gasteiger partial charge in [0.1, 0.15) is 0 Å². The molecule has 0 spiro atoms. The molecule has 0 bridgehead atoms. The second-order valence-electron chi connectivity index (χ2n) is 3.76. The van der Waals surface area contributed by atoms with E-state index in [4.69, 9.17) is 0 Å².